The molecule has 0 aliphatic carbocycles. The molecular weight excluding hydrogens is 378 g/mol. The first-order valence-electron chi connectivity index (χ1n) is 7.68. The van der Waals surface area contributed by atoms with E-state index in [9.17, 15) is 9.59 Å². The minimum Gasteiger partial charge on any atom is -0.480 e. The fourth-order valence-corrected chi connectivity index (χ4v) is 3.88. The normalized spacial score (nSPS) is 12.5. The van der Waals surface area contributed by atoms with E-state index in [4.69, 9.17) is 21.1 Å². The van der Waals surface area contributed by atoms with Gasteiger partial charge >= 0.3 is 12.1 Å². The molecule has 1 aromatic carbocycles. The number of nitrogens with zero attached hydrogens (tertiary/aromatic N) is 3. The van der Waals surface area contributed by atoms with Crippen LogP contribution >= 0.6 is 21.6 Å². The van der Waals surface area contributed by atoms with Crippen molar-refractivity contribution < 1.29 is 19.4 Å². The summed E-state index contributed by atoms with van der Waals surface area (Å²) in [6, 6.07) is 5.77. The van der Waals surface area contributed by atoms with Crippen LogP contribution in [0.25, 0.3) is 10.4 Å². The average molecular weight is 399 g/mol. The second-order valence-corrected chi connectivity index (χ2v) is 7.99. The summed E-state index contributed by atoms with van der Waals surface area (Å²) in [5.74, 6) is -1.03. The molecule has 0 aromatic heterocycles. The molecule has 142 valence electrons. The predicted molar refractivity (Wildman–Crippen MR) is 103 cm³/mol. The van der Waals surface area contributed by atoms with Crippen LogP contribution in [0.15, 0.2) is 29.4 Å². The number of alkyl carbamates (subject to hydrolysis) is 1. The molecule has 0 aliphatic heterocycles. The molecule has 0 saturated carbocycles. The predicted octanol–water partition coefficient (Wildman–Crippen LogP) is 3.43. The second kappa shape index (κ2) is 12.3. The molecule has 0 radical (unpaired) electrons. The highest BCUT2D eigenvalue weighted by Crippen LogP contribution is 2.26. The maximum absolute atomic E-state index is 11.8. The molecule has 9 nitrogen and oxygen atoms in total. The summed E-state index contributed by atoms with van der Waals surface area (Å²) in [5, 5.41) is 15.0. The molecule has 0 saturated heterocycles. The number of rotatable bonds is 11. The number of carbonyl (C=O) groups excluding carboxylic acids is 1. The van der Waals surface area contributed by atoms with Crippen LogP contribution in [0.1, 0.15) is 18.4 Å². The molecule has 0 bridgehead atoms. The van der Waals surface area contributed by atoms with Crippen molar-refractivity contribution in [2.45, 2.75) is 30.7 Å². The zero-order chi connectivity index (χ0) is 19.4. The number of carboxylic acid groups (broad SMARTS) is 1. The average Bonchev–Trinajstić information content (AvgIpc) is 2.63. The molecule has 1 amide bonds. The Morgan fingerprint density at radius 2 is 2.08 bits per heavy atom. The zero-order valence-corrected chi connectivity index (χ0v) is 15.8. The monoisotopic (exact) mass is 399 g/mol. The van der Waals surface area contributed by atoms with E-state index >= 15 is 0 Å². The Kier molecular flexibility index (Phi) is 10.4. The maximum Gasteiger partial charge on any atom is 0.407 e. The lowest BCUT2D eigenvalue weighted by atomic mass is 10.1. The van der Waals surface area contributed by atoms with E-state index in [2.05, 4.69) is 15.3 Å². The lowest BCUT2D eigenvalue weighted by Gasteiger charge is -2.17. The largest absolute Gasteiger partial charge is 0.480 e. The standard InChI is InChI=1S/C15H21N5O4S2/c1-25-26-12(6-7-13(16)14(21)22)8-18-15(23)24-9-10-2-4-11(5-3-10)19-20-17/h2-5,12-13H,6-9,16H2,1H3,(H,18,23)(H,21,22)/t12-,13-/m0/s1. The van der Waals surface area contributed by atoms with Crippen LogP contribution in [0.2, 0.25) is 0 Å². The van der Waals surface area contributed by atoms with E-state index in [0.29, 0.717) is 25.1 Å². The maximum atomic E-state index is 11.8. The van der Waals surface area contributed by atoms with Gasteiger partial charge in [-0.2, -0.15) is 0 Å². The number of benzene rings is 1. The molecule has 1 aromatic rings. The van der Waals surface area contributed by atoms with Crippen LogP contribution in [0, 0.1) is 0 Å². The highest BCUT2D eigenvalue weighted by atomic mass is 33.1. The van der Waals surface area contributed by atoms with Crippen molar-refractivity contribution in [2.24, 2.45) is 10.8 Å². The smallest absolute Gasteiger partial charge is 0.407 e. The lowest BCUT2D eigenvalue weighted by molar-refractivity contribution is -0.138. The number of ether oxygens (including phenoxy) is 1. The summed E-state index contributed by atoms with van der Waals surface area (Å²) >= 11 is 0. The lowest BCUT2D eigenvalue weighted by Crippen LogP contribution is -2.34. The van der Waals surface area contributed by atoms with Crippen LogP contribution in [0.4, 0.5) is 10.5 Å². The van der Waals surface area contributed by atoms with Gasteiger partial charge in [0.15, 0.2) is 0 Å². The third-order valence-electron chi connectivity index (χ3n) is 3.29. The molecule has 0 heterocycles. The number of carbonyl (C=O) groups is 2. The van der Waals surface area contributed by atoms with Crippen LogP contribution in [-0.4, -0.2) is 41.3 Å². The third kappa shape index (κ3) is 8.86. The van der Waals surface area contributed by atoms with Gasteiger partial charge in [0.1, 0.15) is 12.6 Å². The number of hydrogen-bond donors (Lipinski definition) is 3. The van der Waals surface area contributed by atoms with Gasteiger partial charge in [-0.15, -0.1) is 0 Å². The van der Waals surface area contributed by atoms with Crippen LogP contribution in [-0.2, 0) is 16.1 Å². The summed E-state index contributed by atoms with van der Waals surface area (Å²) < 4.78 is 5.13. The number of nitrogens with one attached hydrogen (secondary N) is 1. The molecule has 0 fully saturated rings. The third-order valence-corrected chi connectivity index (χ3v) is 5.55. The number of hydrogen-bond acceptors (Lipinski definition) is 7. The van der Waals surface area contributed by atoms with Gasteiger partial charge < -0.3 is 20.9 Å². The van der Waals surface area contributed by atoms with Crippen LogP contribution in [0.3, 0.4) is 0 Å². The Labute approximate surface area is 159 Å². The fourth-order valence-electron chi connectivity index (χ4n) is 1.92. The quantitative estimate of drug-likeness (QED) is 0.223. The summed E-state index contributed by atoms with van der Waals surface area (Å²) in [5.41, 5.74) is 15.1. The van der Waals surface area contributed by atoms with Crippen molar-refractivity contribution in [3.8, 4) is 0 Å². The first-order chi connectivity index (χ1) is 12.5. The first-order valence-corrected chi connectivity index (χ1v) is 10.3. The summed E-state index contributed by atoms with van der Waals surface area (Å²) in [7, 11) is 3.09. The Bertz CT molecular complexity index is 637. The van der Waals surface area contributed by atoms with Gasteiger partial charge in [0, 0.05) is 22.4 Å². The van der Waals surface area contributed by atoms with Gasteiger partial charge in [-0.1, -0.05) is 51.0 Å². The molecule has 2 atom stereocenters. The number of nitrogens with two attached hydrogens (primary N) is 1. The van der Waals surface area contributed by atoms with Crippen LogP contribution < -0.4 is 11.1 Å². The summed E-state index contributed by atoms with van der Waals surface area (Å²) in [6.07, 6.45) is 2.26. The topological polar surface area (TPSA) is 150 Å². The van der Waals surface area contributed by atoms with Crippen LogP contribution in [0.5, 0.6) is 0 Å². The fraction of sp³-hybridized carbons (Fsp3) is 0.467. The second-order valence-electron chi connectivity index (χ2n) is 5.22. The van der Waals surface area contributed by atoms with E-state index in [1.165, 1.54) is 10.8 Å². The minimum absolute atomic E-state index is 0.0334. The van der Waals surface area contributed by atoms with Crippen molar-refractivity contribution >= 4 is 39.3 Å². The van der Waals surface area contributed by atoms with E-state index in [1.54, 1.807) is 35.1 Å². The van der Waals surface area contributed by atoms with Gasteiger partial charge in [0.05, 0.1) is 0 Å². The first kappa shape index (κ1) is 22.0. The zero-order valence-electron chi connectivity index (χ0n) is 14.2. The van der Waals surface area contributed by atoms with Crippen molar-refractivity contribution in [1.29, 1.82) is 0 Å². The van der Waals surface area contributed by atoms with Gasteiger partial charge in [-0.3, -0.25) is 4.79 Å². The van der Waals surface area contributed by atoms with Gasteiger partial charge in [0.25, 0.3) is 0 Å². The van der Waals surface area contributed by atoms with E-state index in [0.717, 1.165) is 5.56 Å². The van der Waals surface area contributed by atoms with E-state index < -0.39 is 18.1 Å². The van der Waals surface area contributed by atoms with Crippen molar-refractivity contribution in [3.63, 3.8) is 0 Å². The number of aliphatic carboxylic acids is 1. The summed E-state index contributed by atoms with van der Waals surface area (Å²) in [4.78, 5) is 25.3. The molecule has 4 N–H and O–H groups in total. The molecular formula is C15H21N5O4S2. The number of carboxylic acids is 1. The Morgan fingerprint density at radius 3 is 2.65 bits per heavy atom. The van der Waals surface area contributed by atoms with E-state index in [-0.39, 0.29) is 11.9 Å². The Morgan fingerprint density at radius 1 is 1.38 bits per heavy atom. The van der Waals surface area contributed by atoms with Gasteiger partial charge in [-0.05, 0) is 30.2 Å². The number of azide groups is 1. The number of amides is 1. The Hall–Kier alpha value is -2.07. The van der Waals surface area contributed by atoms with Gasteiger partial charge in [0.2, 0.25) is 0 Å². The highest BCUT2D eigenvalue weighted by molar-refractivity contribution is 8.76. The molecule has 0 aliphatic rings. The minimum atomic E-state index is -1.03. The summed E-state index contributed by atoms with van der Waals surface area (Å²) in [6.45, 7) is 0.444. The van der Waals surface area contributed by atoms with Gasteiger partial charge in [-0.25, -0.2) is 4.79 Å². The van der Waals surface area contributed by atoms with Crippen molar-refractivity contribution in [1.82, 2.24) is 5.32 Å². The molecule has 1 rings (SSSR count). The highest BCUT2D eigenvalue weighted by Gasteiger charge is 2.17. The SMILES string of the molecule is CSS[C@@H](CC[C@H](N)C(=O)O)CNC(=O)OCc1ccc(N=[N+]=[N-])cc1. The molecule has 0 unspecified atom stereocenters. The van der Waals surface area contributed by atoms with Crippen molar-refractivity contribution in [2.75, 3.05) is 12.8 Å². The van der Waals surface area contributed by atoms with E-state index in [1.807, 2.05) is 6.26 Å². The Balaban J connectivity index is 2.37. The molecule has 11 heteroatoms. The molecule has 26 heavy (non-hydrogen) atoms. The molecule has 0 spiro atoms. The van der Waals surface area contributed by atoms with Crippen molar-refractivity contribution in [3.05, 3.63) is 40.3 Å².